The van der Waals surface area contributed by atoms with Crippen molar-refractivity contribution in [3.05, 3.63) is 42.5 Å². The lowest BCUT2D eigenvalue weighted by molar-refractivity contribution is -0.132. The summed E-state index contributed by atoms with van der Waals surface area (Å²) in [5.41, 5.74) is 2.14. The summed E-state index contributed by atoms with van der Waals surface area (Å²) in [5.74, 6) is -0.490. The summed E-state index contributed by atoms with van der Waals surface area (Å²) in [7, 11) is 3.03. The van der Waals surface area contributed by atoms with Gasteiger partial charge in [-0.15, -0.1) is 0 Å². The number of ether oxygens (including phenoxy) is 2. The van der Waals surface area contributed by atoms with Crippen molar-refractivity contribution in [1.29, 1.82) is 0 Å². The number of hydrogen-bond donors (Lipinski definition) is 2. The molecular weight excluding hydrogens is 346 g/mol. The van der Waals surface area contributed by atoms with Gasteiger partial charge in [0.2, 0.25) is 0 Å². The number of methoxy groups -OCH3 is 2. The molecule has 2 amide bonds. The fourth-order valence-electron chi connectivity index (χ4n) is 3.02. The lowest BCUT2D eigenvalue weighted by Gasteiger charge is -2.17. The van der Waals surface area contributed by atoms with Crippen molar-refractivity contribution >= 4 is 28.9 Å². The van der Waals surface area contributed by atoms with Gasteiger partial charge >= 0.3 is 11.8 Å². The van der Waals surface area contributed by atoms with Gasteiger partial charge in [-0.3, -0.25) is 9.59 Å². The lowest BCUT2D eigenvalue weighted by Crippen LogP contribution is -2.29. The molecule has 1 aliphatic rings. The number of nitrogens with zero attached hydrogens (tertiary/aromatic N) is 1. The predicted octanol–water partition coefficient (Wildman–Crippen LogP) is 2.88. The molecule has 2 aromatic rings. The third kappa shape index (κ3) is 4.49. The molecule has 3 rings (SSSR count). The average molecular weight is 369 g/mol. The van der Waals surface area contributed by atoms with Gasteiger partial charge in [-0.25, -0.2) is 0 Å². The second-order valence-corrected chi connectivity index (χ2v) is 6.22. The third-order valence-corrected chi connectivity index (χ3v) is 4.44. The first-order chi connectivity index (χ1) is 13.1. The molecule has 2 aromatic carbocycles. The van der Waals surface area contributed by atoms with E-state index < -0.39 is 11.8 Å². The van der Waals surface area contributed by atoms with Crippen molar-refractivity contribution in [3.8, 4) is 11.5 Å². The molecule has 0 atom stereocenters. The Bertz CT molecular complexity index is 814. The number of carbonyl (C=O) groups is 2. The number of carbonyl (C=O) groups excluding carboxylic acids is 2. The Morgan fingerprint density at radius 2 is 1.37 bits per heavy atom. The first-order valence-electron chi connectivity index (χ1n) is 8.80. The minimum atomic E-state index is -0.758. The van der Waals surface area contributed by atoms with Gasteiger partial charge in [-0.2, -0.15) is 0 Å². The van der Waals surface area contributed by atoms with Crippen molar-refractivity contribution < 1.29 is 19.1 Å². The second kappa shape index (κ2) is 8.44. The van der Waals surface area contributed by atoms with E-state index in [1.54, 1.807) is 30.3 Å². The molecule has 27 heavy (non-hydrogen) atoms. The molecule has 0 aromatic heterocycles. The van der Waals surface area contributed by atoms with Crippen LogP contribution in [0.1, 0.15) is 12.8 Å². The Labute approximate surface area is 158 Å². The van der Waals surface area contributed by atoms with Crippen LogP contribution >= 0.6 is 0 Å². The Morgan fingerprint density at radius 1 is 0.815 bits per heavy atom. The molecule has 0 radical (unpaired) electrons. The Balaban J connectivity index is 1.59. The molecule has 0 bridgehead atoms. The van der Waals surface area contributed by atoms with Gasteiger partial charge in [-0.05, 0) is 49.2 Å². The number of amides is 2. The highest BCUT2D eigenvalue weighted by atomic mass is 16.5. The number of rotatable bonds is 5. The van der Waals surface area contributed by atoms with Gasteiger partial charge in [0.15, 0.2) is 11.5 Å². The number of hydrogen-bond acceptors (Lipinski definition) is 5. The van der Waals surface area contributed by atoms with E-state index in [9.17, 15) is 9.59 Å². The molecule has 0 aliphatic carbocycles. The molecule has 1 saturated heterocycles. The van der Waals surface area contributed by atoms with Gasteiger partial charge in [0.1, 0.15) is 0 Å². The molecule has 0 saturated carbocycles. The SMILES string of the molecule is COc1ccc(NC(=O)C(=O)Nc2ccc(N3CCCC3)cc2)cc1OC. The summed E-state index contributed by atoms with van der Waals surface area (Å²) in [5, 5.41) is 5.15. The third-order valence-electron chi connectivity index (χ3n) is 4.44. The van der Waals surface area contributed by atoms with Gasteiger partial charge in [-0.1, -0.05) is 0 Å². The van der Waals surface area contributed by atoms with Crippen molar-refractivity contribution in [1.82, 2.24) is 0 Å². The van der Waals surface area contributed by atoms with Crippen LogP contribution in [0.4, 0.5) is 17.1 Å². The zero-order valence-electron chi connectivity index (χ0n) is 15.5. The van der Waals surface area contributed by atoms with Crippen molar-refractivity contribution in [3.63, 3.8) is 0 Å². The molecule has 7 nitrogen and oxygen atoms in total. The molecule has 2 N–H and O–H groups in total. The van der Waals surface area contributed by atoms with Gasteiger partial charge in [0.25, 0.3) is 0 Å². The van der Waals surface area contributed by atoms with Crippen LogP contribution in [0.15, 0.2) is 42.5 Å². The summed E-state index contributed by atoms with van der Waals surface area (Å²) in [6.45, 7) is 2.11. The summed E-state index contributed by atoms with van der Waals surface area (Å²) in [6, 6.07) is 12.4. The number of nitrogens with one attached hydrogen (secondary N) is 2. The monoisotopic (exact) mass is 369 g/mol. The molecule has 1 heterocycles. The molecule has 1 aliphatic heterocycles. The van der Waals surface area contributed by atoms with Crippen LogP contribution in [-0.2, 0) is 9.59 Å². The standard InChI is InChI=1S/C20H23N3O4/c1-26-17-10-7-15(13-18(17)27-2)22-20(25)19(24)21-14-5-8-16(9-6-14)23-11-3-4-12-23/h5-10,13H,3-4,11-12H2,1-2H3,(H,21,24)(H,22,25). The molecule has 0 spiro atoms. The molecule has 142 valence electrons. The second-order valence-electron chi connectivity index (χ2n) is 6.22. The zero-order valence-corrected chi connectivity index (χ0v) is 15.5. The topological polar surface area (TPSA) is 79.9 Å². The van der Waals surface area contributed by atoms with Crippen LogP contribution < -0.4 is 25.0 Å². The largest absolute Gasteiger partial charge is 0.493 e. The van der Waals surface area contributed by atoms with Crippen LogP contribution in [0.2, 0.25) is 0 Å². The highest BCUT2D eigenvalue weighted by molar-refractivity contribution is 6.43. The highest BCUT2D eigenvalue weighted by Crippen LogP contribution is 2.29. The van der Waals surface area contributed by atoms with E-state index in [4.69, 9.17) is 9.47 Å². The minimum absolute atomic E-state index is 0.442. The van der Waals surface area contributed by atoms with Crippen molar-refractivity contribution in [2.75, 3.05) is 42.8 Å². The lowest BCUT2D eigenvalue weighted by atomic mass is 10.2. The quantitative estimate of drug-likeness (QED) is 0.792. The molecule has 0 unspecified atom stereocenters. The van der Waals surface area contributed by atoms with E-state index in [0.29, 0.717) is 22.9 Å². The van der Waals surface area contributed by atoms with E-state index in [2.05, 4.69) is 15.5 Å². The normalized spacial score (nSPS) is 13.2. The maximum Gasteiger partial charge on any atom is 0.314 e. The van der Waals surface area contributed by atoms with E-state index >= 15 is 0 Å². The fourth-order valence-corrected chi connectivity index (χ4v) is 3.02. The summed E-state index contributed by atoms with van der Waals surface area (Å²) in [4.78, 5) is 26.6. The van der Waals surface area contributed by atoms with Crippen molar-refractivity contribution in [2.45, 2.75) is 12.8 Å². The van der Waals surface area contributed by atoms with E-state index in [1.165, 1.54) is 27.1 Å². The van der Waals surface area contributed by atoms with Crippen molar-refractivity contribution in [2.24, 2.45) is 0 Å². The number of anilines is 3. The summed E-state index contributed by atoms with van der Waals surface area (Å²) in [6.07, 6.45) is 2.41. The van der Waals surface area contributed by atoms with Crippen LogP contribution in [0.3, 0.4) is 0 Å². The van der Waals surface area contributed by atoms with Crippen LogP contribution in [0.5, 0.6) is 11.5 Å². The van der Waals surface area contributed by atoms with E-state index in [-0.39, 0.29) is 0 Å². The van der Waals surface area contributed by atoms with E-state index in [0.717, 1.165) is 18.8 Å². The van der Waals surface area contributed by atoms with Crippen LogP contribution in [-0.4, -0.2) is 39.1 Å². The first-order valence-corrected chi connectivity index (χ1v) is 8.80. The molecule has 1 fully saturated rings. The van der Waals surface area contributed by atoms with E-state index in [1.807, 2.05) is 12.1 Å². The Hall–Kier alpha value is -3.22. The maximum atomic E-state index is 12.1. The summed E-state index contributed by atoms with van der Waals surface area (Å²) >= 11 is 0. The zero-order chi connectivity index (χ0) is 19.2. The predicted molar refractivity (Wildman–Crippen MR) is 105 cm³/mol. The first kappa shape index (κ1) is 18.6. The number of benzene rings is 2. The highest BCUT2D eigenvalue weighted by Gasteiger charge is 2.16. The van der Waals surface area contributed by atoms with Gasteiger partial charge in [0, 0.05) is 36.2 Å². The maximum absolute atomic E-state index is 12.1. The fraction of sp³-hybridized carbons (Fsp3) is 0.300. The Morgan fingerprint density at radius 3 is 1.96 bits per heavy atom. The van der Waals surface area contributed by atoms with Gasteiger partial charge < -0.3 is 25.0 Å². The van der Waals surface area contributed by atoms with Gasteiger partial charge in [0.05, 0.1) is 14.2 Å². The van der Waals surface area contributed by atoms with Crippen LogP contribution in [0, 0.1) is 0 Å². The van der Waals surface area contributed by atoms with Crippen LogP contribution in [0.25, 0.3) is 0 Å². The summed E-state index contributed by atoms with van der Waals surface area (Å²) < 4.78 is 10.3. The Kier molecular flexibility index (Phi) is 5.80. The molecule has 7 heteroatoms. The average Bonchev–Trinajstić information content (AvgIpc) is 3.23. The minimum Gasteiger partial charge on any atom is -0.493 e. The smallest absolute Gasteiger partial charge is 0.314 e. The molecular formula is C20H23N3O4.